The summed E-state index contributed by atoms with van der Waals surface area (Å²) in [5.74, 6) is -0.0401. The summed E-state index contributed by atoms with van der Waals surface area (Å²) in [7, 11) is 0. The maximum Gasteiger partial charge on any atom is 0.189 e. The molecule has 0 aliphatic carbocycles. The highest BCUT2D eigenvalue weighted by atomic mass is 16.5. The average molecular weight is 447 g/mol. The number of unbranched alkanes of at least 4 members (excludes halogenated alkanes) is 1. The lowest BCUT2D eigenvalue weighted by Gasteiger charge is -2.30. The van der Waals surface area contributed by atoms with Gasteiger partial charge in [-0.15, -0.1) is 0 Å². The van der Waals surface area contributed by atoms with E-state index in [2.05, 4.69) is 32.0 Å². The van der Waals surface area contributed by atoms with Crippen molar-refractivity contribution in [2.75, 3.05) is 43.5 Å². The summed E-state index contributed by atoms with van der Waals surface area (Å²) in [5.41, 5.74) is 16.4. The Bertz CT molecular complexity index is 1080. The number of nitrogen functional groups attached to an aromatic ring is 1. The fourth-order valence-electron chi connectivity index (χ4n) is 3.98. The van der Waals surface area contributed by atoms with Crippen LogP contribution in [0.3, 0.4) is 0 Å². The molecule has 0 unspecified atom stereocenters. The number of benzene rings is 1. The summed E-state index contributed by atoms with van der Waals surface area (Å²) in [4.78, 5) is 28.5. The number of Topliss-reactive ketones (excluding diaryl/α,β-unsaturated/α-hetero) is 1. The van der Waals surface area contributed by atoms with E-state index in [1.54, 1.807) is 18.6 Å². The molecule has 8 heteroatoms. The van der Waals surface area contributed by atoms with Gasteiger partial charge in [0.05, 0.1) is 25.1 Å². The number of morpholine rings is 1. The number of nitrogens with two attached hydrogens (primary N) is 2. The van der Waals surface area contributed by atoms with Gasteiger partial charge in [0.15, 0.2) is 11.6 Å². The Hall–Kier alpha value is -3.36. The van der Waals surface area contributed by atoms with Crippen LogP contribution >= 0.6 is 0 Å². The van der Waals surface area contributed by atoms with E-state index >= 15 is 0 Å². The van der Waals surface area contributed by atoms with Crippen molar-refractivity contribution in [1.29, 1.82) is 0 Å². The van der Waals surface area contributed by atoms with Crippen molar-refractivity contribution in [1.82, 2.24) is 15.0 Å². The highest BCUT2D eigenvalue weighted by molar-refractivity contribution is 6.00. The SMILES string of the molecule is NCCCCc1ccc(-c2cnc(N)c(C(=O)Cc3cnccc3N3CCOCC3)n2)cc1. The Kier molecular flexibility index (Phi) is 7.59. The summed E-state index contributed by atoms with van der Waals surface area (Å²) >= 11 is 0. The number of hydrogen-bond acceptors (Lipinski definition) is 8. The van der Waals surface area contributed by atoms with Crippen molar-refractivity contribution in [2.24, 2.45) is 5.73 Å². The van der Waals surface area contributed by atoms with Crippen LogP contribution in [0.25, 0.3) is 11.3 Å². The number of hydrogen-bond donors (Lipinski definition) is 2. The molecule has 3 heterocycles. The van der Waals surface area contributed by atoms with Gasteiger partial charge in [0.2, 0.25) is 0 Å². The molecule has 3 aromatic rings. The molecule has 1 saturated heterocycles. The lowest BCUT2D eigenvalue weighted by atomic mass is 10.0. The van der Waals surface area contributed by atoms with E-state index in [0.717, 1.165) is 49.2 Å². The summed E-state index contributed by atoms with van der Waals surface area (Å²) in [6, 6.07) is 10.1. The Morgan fingerprint density at radius 2 is 1.85 bits per heavy atom. The van der Waals surface area contributed by atoms with Crippen LogP contribution in [0.5, 0.6) is 0 Å². The second kappa shape index (κ2) is 11.0. The van der Waals surface area contributed by atoms with E-state index in [1.807, 2.05) is 18.2 Å². The van der Waals surface area contributed by atoms with Crippen molar-refractivity contribution in [3.63, 3.8) is 0 Å². The first kappa shape index (κ1) is 22.8. The second-order valence-electron chi connectivity index (χ2n) is 8.14. The Labute approximate surface area is 194 Å². The number of anilines is 2. The number of carbonyl (C=O) groups is 1. The Morgan fingerprint density at radius 3 is 2.61 bits per heavy atom. The van der Waals surface area contributed by atoms with Crippen LogP contribution in [0.2, 0.25) is 0 Å². The van der Waals surface area contributed by atoms with Crippen LogP contribution in [-0.2, 0) is 17.6 Å². The van der Waals surface area contributed by atoms with E-state index in [1.165, 1.54) is 5.56 Å². The predicted molar refractivity (Wildman–Crippen MR) is 129 cm³/mol. The van der Waals surface area contributed by atoms with Crippen molar-refractivity contribution < 1.29 is 9.53 Å². The predicted octanol–water partition coefficient (Wildman–Crippen LogP) is 2.66. The van der Waals surface area contributed by atoms with Gasteiger partial charge in [-0.1, -0.05) is 24.3 Å². The molecule has 2 aromatic heterocycles. The molecule has 172 valence electrons. The first-order chi connectivity index (χ1) is 16.2. The molecule has 1 aliphatic heterocycles. The van der Waals surface area contributed by atoms with Crippen molar-refractivity contribution in [2.45, 2.75) is 25.7 Å². The summed E-state index contributed by atoms with van der Waals surface area (Å²) < 4.78 is 5.45. The number of ketones is 1. The third-order valence-corrected chi connectivity index (χ3v) is 5.81. The van der Waals surface area contributed by atoms with Gasteiger partial charge in [-0.3, -0.25) is 9.78 Å². The van der Waals surface area contributed by atoms with Crippen LogP contribution in [-0.4, -0.2) is 53.6 Å². The summed E-state index contributed by atoms with van der Waals surface area (Å²) in [5, 5.41) is 0. The van der Waals surface area contributed by atoms with E-state index in [9.17, 15) is 4.79 Å². The third-order valence-electron chi connectivity index (χ3n) is 5.81. The third kappa shape index (κ3) is 5.71. The molecule has 33 heavy (non-hydrogen) atoms. The zero-order valence-corrected chi connectivity index (χ0v) is 18.7. The molecule has 0 radical (unpaired) electrons. The average Bonchev–Trinajstić information content (AvgIpc) is 2.86. The molecule has 0 spiro atoms. The number of carbonyl (C=O) groups excluding carboxylic acids is 1. The minimum atomic E-state index is -0.178. The van der Waals surface area contributed by atoms with Crippen LogP contribution < -0.4 is 16.4 Å². The smallest absolute Gasteiger partial charge is 0.189 e. The molecule has 0 bridgehead atoms. The molecule has 1 aliphatic rings. The lowest BCUT2D eigenvalue weighted by molar-refractivity contribution is 0.0988. The molecular formula is C25H30N6O2. The first-order valence-corrected chi connectivity index (χ1v) is 11.4. The van der Waals surface area contributed by atoms with Crippen LogP contribution in [0.4, 0.5) is 11.5 Å². The maximum absolute atomic E-state index is 13.2. The van der Waals surface area contributed by atoms with Gasteiger partial charge in [-0.05, 0) is 37.4 Å². The van der Waals surface area contributed by atoms with Crippen LogP contribution in [0.1, 0.15) is 34.5 Å². The number of nitrogens with zero attached hydrogens (tertiary/aromatic N) is 4. The van der Waals surface area contributed by atoms with Gasteiger partial charge in [0, 0.05) is 48.7 Å². The molecule has 1 aromatic carbocycles. The molecule has 0 saturated carbocycles. The van der Waals surface area contributed by atoms with Crippen LogP contribution in [0.15, 0.2) is 48.9 Å². The quantitative estimate of drug-likeness (QED) is 0.380. The van der Waals surface area contributed by atoms with Crippen molar-refractivity contribution in [3.05, 3.63) is 65.7 Å². The zero-order chi connectivity index (χ0) is 23.0. The lowest BCUT2D eigenvalue weighted by Crippen LogP contribution is -2.37. The van der Waals surface area contributed by atoms with E-state index < -0.39 is 0 Å². The van der Waals surface area contributed by atoms with Crippen LogP contribution in [0, 0.1) is 0 Å². The van der Waals surface area contributed by atoms with Gasteiger partial charge in [-0.25, -0.2) is 9.97 Å². The fraction of sp³-hybridized carbons (Fsp3) is 0.360. The number of aromatic nitrogens is 3. The Balaban J connectivity index is 1.52. The van der Waals surface area contributed by atoms with E-state index in [-0.39, 0.29) is 23.7 Å². The number of aryl methyl sites for hydroxylation is 1. The normalized spacial score (nSPS) is 13.8. The molecule has 4 rings (SSSR count). The van der Waals surface area contributed by atoms with Gasteiger partial charge >= 0.3 is 0 Å². The van der Waals surface area contributed by atoms with Gasteiger partial charge in [-0.2, -0.15) is 0 Å². The summed E-state index contributed by atoms with van der Waals surface area (Å²) in [6.07, 6.45) is 8.32. The molecule has 0 atom stereocenters. The monoisotopic (exact) mass is 446 g/mol. The van der Waals surface area contributed by atoms with E-state index in [4.69, 9.17) is 16.2 Å². The maximum atomic E-state index is 13.2. The highest BCUT2D eigenvalue weighted by Gasteiger charge is 2.20. The summed E-state index contributed by atoms with van der Waals surface area (Å²) in [6.45, 7) is 3.61. The number of pyridine rings is 1. The molecular weight excluding hydrogens is 416 g/mol. The largest absolute Gasteiger partial charge is 0.382 e. The molecule has 0 amide bonds. The van der Waals surface area contributed by atoms with E-state index in [0.29, 0.717) is 25.5 Å². The standard InChI is InChI=1S/C25H30N6O2/c26-9-2-1-3-18-4-6-19(7-5-18)21-17-29-25(27)24(30-21)23(32)15-20-16-28-10-8-22(20)31-11-13-33-14-12-31/h4-8,10,16-17H,1-3,9,11-15,26H2,(H2,27,29). The minimum absolute atomic E-state index is 0.138. The highest BCUT2D eigenvalue weighted by Crippen LogP contribution is 2.24. The minimum Gasteiger partial charge on any atom is -0.382 e. The number of rotatable bonds is 9. The first-order valence-electron chi connectivity index (χ1n) is 11.4. The molecule has 1 fully saturated rings. The van der Waals surface area contributed by atoms with Gasteiger partial charge < -0.3 is 21.1 Å². The Morgan fingerprint density at radius 1 is 1.06 bits per heavy atom. The molecule has 4 N–H and O–H groups in total. The fourth-order valence-corrected chi connectivity index (χ4v) is 3.98. The number of ether oxygens (including phenoxy) is 1. The van der Waals surface area contributed by atoms with Crippen molar-refractivity contribution >= 4 is 17.3 Å². The molecule has 8 nitrogen and oxygen atoms in total. The van der Waals surface area contributed by atoms with Gasteiger partial charge in [0.25, 0.3) is 0 Å². The topological polar surface area (TPSA) is 120 Å². The second-order valence-corrected chi connectivity index (χ2v) is 8.14. The van der Waals surface area contributed by atoms with Crippen molar-refractivity contribution in [3.8, 4) is 11.3 Å². The zero-order valence-electron chi connectivity index (χ0n) is 18.7. The van der Waals surface area contributed by atoms with Gasteiger partial charge in [0.1, 0.15) is 5.69 Å².